The summed E-state index contributed by atoms with van der Waals surface area (Å²) in [7, 11) is 1.28. The Balaban J connectivity index is 1.75. The van der Waals surface area contributed by atoms with Crippen LogP contribution in [-0.2, 0) is 16.0 Å². The molecule has 0 saturated heterocycles. The lowest BCUT2D eigenvalue weighted by atomic mass is 10.1. The van der Waals surface area contributed by atoms with Gasteiger partial charge in [-0.15, -0.1) is 0 Å². The van der Waals surface area contributed by atoms with Gasteiger partial charge in [0.2, 0.25) is 5.91 Å². The van der Waals surface area contributed by atoms with Crippen LogP contribution in [-0.4, -0.2) is 32.1 Å². The number of rotatable bonds is 8. The second-order valence-corrected chi connectivity index (χ2v) is 6.02. The molecule has 0 aromatic heterocycles. The van der Waals surface area contributed by atoms with Crippen molar-refractivity contribution in [2.75, 3.05) is 25.5 Å². The van der Waals surface area contributed by atoms with Gasteiger partial charge < -0.3 is 15.4 Å². The minimum atomic E-state index is -0.500. The zero-order valence-electron chi connectivity index (χ0n) is 14.4. The van der Waals surface area contributed by atoms with Crippen molar-refractivity contribution in [3.63, 3.8) is 0 Å². The smallest absolute Gasteiger partial charge is 0.337 e. The largest absolute Gasteiger partial charge is 0.465 e. The van der Waals surface area contributed by atoms with Crippen LogP contribution >= 0.6 is 11.6 Å². The lowest BCUT2D eigenvalue weighted by Crippen LogP contribution is -2.23. The summed E-state index contributed by atoms with van der Waals surface area (Å²) in [5.41, 5.74) is 1.70. The first-order valence-corrected chi connectivity index (χ1v) is 8.50. The van der Waals surface area contributed by atoms with E-state index < -0.39 is 5.97 Å². The van der Waals surface area contributed by atoms with E-state index >= 15 is 0 Å². The molecule has 0 heterocycles. The average Bonchev–Trinajstić information content (AvgIpc) is 2.64. The van der Waals surface area contributed by atoms with Crippen LogP contribution in [0.15, 0.2) is 42.5 Å². The van der Waals surface area contributed by atoms with E-state index in [1.807, 2.05) is 0 Å². The van der Waals surface area contributed by atoms with Crippen LogP contribution in [0, 0.1) is 5.82 Å². The van der Waals surface area contributed by atoms with Gasteiger partial charge in [-0.25, -0.2) is 9.18 Å². The number of amides is 1. The van der Waals surface area contributed by atoms with Crippen molar-refractivity contribution in [3.8, 4) is 0 Å². The number of hydrogen-bond acceptors (Lipinski definition) is 4. The van der Waals surface area contributed by atoms with E-state index in [0.717, 1.165) is 12.0 Å². The molecule has 2 rings (SSSR count). The summed E-state index contributed by atoms with van der Waals surface area (Å²) in [4.78, 5) is 23.6. The van der Waals surface area contributed by atoms with E-state index in [4.69, 9.17) is 11.6 Å². The van der Waals surface area contributed by atoms with Crippen LogP contribution < -0.4 is 10.6 Å². The second-order valence-electron chi connectivity index (χ2n) is 5.61. The van der Waals surface area contributed by atoms with Gasteiger partial charge in [0.15, 0.2) is 0 Å². The van der Waals surface area contributed by atoms with Gasteiger partial charge >= 0.3 is 5.97 Å². The lowest BCUT2D eigenvalue weighted by Gasteiger charge is -2.09. The molecular weight excluding hydrogens is 359 g/mol. The molecular formula is C19H20ClFN2O3. The molecule has 0 saturated carbocycles. The minimum Gasteiger partial charge on any atom is -0.465 e. The Morgan fingerprint density at radius 2 is 1.85 bits per heavy atom. The fourth-order valence-electron chi connectivity index (χ4n) is 2.29. The van der Waals surface area contributed by atoms with E-state index in [1.165, 1.54) is 37.4 Å². The van der Waals surface area contributed by atoms with Gasteiger partial charge in [0.05, 0.1) is 23.4 Å². The molecule has 0 aliphatic heterocycles. The molecule has 0 unspecified atom stereocenters. The van der Waals surface area contributed by atoms with Gasteiger partial charge in [0.25, 0.3) is 0 Å². The third kappa shape index (κ3) is 6.13. The van der Waals surface area contributed by atoms with Crippen LogP contribution in [0.2, 0.25) is 5.02 Å². The second kappa shape index (κ2) is 9.89. The number of esters is 1. The Kier molecular flexibility index (Phi) is 7.56. The molecule has 0 bridgehead atoms. The SMILES string of the molecule is COC(=O)c1ccc(Cl)c(NC(=O)CCNCCc2ccc(F)cc2)c1. The first kappa shape index (κ1) is 19.9. The number of hydrogen-bond donors (Lipinski definition) is 2. The number of halogens is 2. The molecule has 138 valence electrons. The maximum atomic E-state index is 12.8. The zero-order chi connectivity index (χ0) is 18.9. The van der Waals surface area contributed by atoms with E-state index in [2.05, 4.69) is 15.4 Å². The quantitative estimate of drug-likeness (QED) is 0.545. The van der Waals surface area contributed by atoms with Crippen molar-refractivity contribution in [1.29, 1.82) is 0 Å². The van der Waals surface area contributed by atoms with Gasteiger partial charge in [-0.1, -0.05) is 23.7 Å². The highest BCUT2D eigenvalue weighted by atomic mass is 35.5. The van der Waals surface area contributed by atoms with Gasteiger partial charge in [0, 0.05) is 13.0 Å². The van der Waals surface area contributed by atoms with E-state index in [9.17, 15) is 14.0 Å². The van der Waals surface area contributed by atoms with Crippen molar-refractivity contribution in [1.82, 2.24) is 5.32 Å². The third-order valence-corrected chi connectivity index (χ3v) is 4.02. The Labute approximate surface area is 156 Å². The summed E-state index contributed by atoms with van der Waals surface area (Å²) in [5, 5.41) is 6.18. The van der Waals surface area contributed by atoms with E-state index in [-0.39, 0.29) is 18.1 Å². The van der Waals surface area contributed by atoms with Crippen LogP contribution in [0.5, 0.6) is 0 Å². The molecule has 0 spiro atoms. The topological polar surface area (TPSA) is 67.4 Å². The molecule has 0 aliphatic rings. The first-order valence-electron chi connectivity index (χ1n) is 8.12. The predicted octanol–water partition coefficient (Wildman–Crippen LogP) is 3.43. The van der Waals surface area contributed by atoms with Crippen molar-refractivity contribution < 1.29 is 18.7 Å². The van der Waals surface area contributed by atoms with Crippen molar-refractivity contribution in [3.05, 3.63) is 64.4 Å². The summed E-state index contributed by atoms with van der Waals surface area (Å²) in [6.07, 6.45) is 0.997. The average molecular weight is 379 g/mol. The predicted molar refractivity (Wildman–Crippen MR) is 99.0 cm³/mol. The summed E-state index contributed by atoms with van der Waals surface area (Å²) >= 11 is 6.04. The third-order valence-electron chi connectivity index (χ3n) is 3.69. The van der Waals surface area contributed by atoms with Gasteiger partial charge in [0.1, 0.15) is 5.82 Å². The Morgan fingerprint density at radius 3 is 2.54 bits per heavy atom. The van der Waals surface area contributed by atoms with Crippen molar-refractivity contribution in [2.45, 2.75) is 12.8 Å². The van der Waals surface area contributed by atoms with Gasteiger partial charge in [-0.3, -0.25) is 4.79 Å². The summed E-state index contributed by atoms with van der Waals surface area (Å²) in [6.45, 7) is 1.17. The highest BCUT2D eigenvalue weighted by Gasteiger charge is 2.11. The van der Waals surface area contributed by atoms with Crippen molar-refractivity contribution in [2.24, 2.45) is 0 Å². The molecule has 0 fully saturated rings. The standard InChI is InChI=1S/C19H20ClFN2O3/c1-26-19(25)14-4-7-16(20)17(12-14)23-18(24)9-11-22-10-8-13-2-5-15(21)6-3-13/h2-7,12,22H,8-11H2,1H3,(H,23,24). The van der Waals surface area contributed by atoms with Crippen LogP contribution in [0.1, 0.15) is 22.3 Å². The number of nitrogens with one attached hydrogen (secondary N) is 2. The summed E-state index contributed by atoms with van der Waals surface area (Å²) < 4.78 is 17.5. The van der Waals surface area contributed by atoms with Crippen molar-refractivity contribution >= 4 is 29.2 Å². The lowest BCUT2D eigenvalue weighted by molar-refractivity contribution is -0.116. The number of ether oxygens (including phenoxy) is 1. The summed E-state index contributed by atoms with van der Waals surface area (Å²) in [5.74, 6) is -0.976. The molecule has 5 nitrogen and oxygen atoms in total. The van der Waals surface area contributed by atoms with E-state index in [1.54, 1.807) is 12.1 Å². The number of anilines is 1. The number of carbonyl (C=O) groups is 2. The highest BCUT2D eigenvalue weighted by Crippen LogP contribution is 2.23. The normalized spacial score (nSPS) is 10.4. The molecule has 1 amide bonds. The fourth-order valence-corrected chi connectivity index (χ4v) is 2.45. The van der Waals surface area contributed by atoms with Crippen LogP contribution in [0.25, 0.3) is 0 Å². The fraction of sp³-hybridized carbons (Fsp3) is 0.263. The molecule has 7 heteroatoms. The number of carbonyl (C=O) groups excluding carboxylic acids is 2. The molecule has 2 aromatic carbocycles. The van der Waals surface area contributed by atoms with Crippen LogP contribution in [0.4, 0.5) is 10.1 Å². The van der Waals surface area contributed by atoms with E-state index in [0.29, 0.717) is 29.4 Å². The zero-order valence-corrected chi connectivity index (χ0v) is 15.1. The van der Waals surface area contributed by atoms with Gasteiger partial charge in [-0.2, -0.15) is 0 Å². The number of benzene rings is 2. The molecule has 2 aromatic rings. The Hall–Kier alpha value is -2.44. The maximum Gasteiger partial charge on any atom is 0.337 e. The summed E-state index contributed by atoms with van der Waals surface area (Å²) in [6, 6.07) is 10.9. The molecule has 26 heavy (non-hydrogen) atoms. The van der Waals surface area contributed by atoms with Gasteiger partial charge in [-0.05, 0) is 48.9 Å². The highest BCUT2D eigenvalue weighted by molar-refractivity contribution is 6.33. The monoisotopic (exact) mass is 378 g/mol. The molecule has 0 aliphatic carbocycles. The molecule has 0 radical (unpaired) electrons. The molecule has 0 atom stereocenters. The Morgan fingerprint density at radius 1 is 1.12 bits per heavy atom. The first-order chi connectivity index (χ1) is 12.5. The van der Waals surface area contributed by atoms with Crippen LogP contribution in [0.3, 0.4) is 0 Å². The molecule has 2 N–H and O–H groups in total. The Bertz CT molecular complexity index is 766. The maximum absolute atomic E-state index is 12.8. The number of methoxy groups -OCH3 is 1. The minimum absolute atomic E-state index is 0.219.